The van der Waals surface area contributed by atoms with Crippen LogP contribution in [0.2, 0.25) is 0 Å². The molecule has 1 fully saturated rings. The molecule has 3 rings (SSSR count). The van der Waals surface area contributed by atoms with Gasteiger partial charge in [0.15, 0.2) is 0 Å². The molecule has 0 radical (unpaired) electrons. The number of hydrogen-bond donors (Lipinski definition) is 0. The average Bonchev–Trinajstić information content (AvgIpc) is 2.60. The van der Waals surface area contributed by atoms with Crippen LogP contribution in [0.4, 0.5) is 10.2 Å². The zero-order chi connectivity index (χ0) is 18.7. The maximum Gasteiger partial charge on any atom is 0.256 e. The van der Waals surface area contributed by atoms with Crippen LogP contribution in [0, 0.1) is 12.7 Å². The summed E-state index contributed by atoms with van der Waals surface area (Å²) in [6, 6.07) is 7.91. The van der Waals surface area contributed by atoms with Gasteiger partial charge in [-0.05, 0) is 32.9 Å². The Balaban J connectivity index is 1.68. The third kappa shape index (κ3) is 4.09. The van der Waals surface area contributed by atoms with E-state index in [-0.39, 0.29) is 17.6 Å². The summed E-state index contributed by atoms with van der Waals surface area (Å²) in [5.41, 5.74) is 0.117. The van der Waals surface area contributed by atoms with Crippen molar-refractivity contribution < 1.29 is 13.9 Å². The van der Waals surface area contributed by atoms with E-state index < -0.39 is 5.82 Å². The molecule has 1 amide bonds. The Morgan fingerprint density at radius 2 is 1.85 bits per heavy atom. The number of anilines is 1. The van der Waals surface area contributed by atoms with Gasteiger partial charge in [0.2, 0.25) is 5.88 Å². The Morgan fingerprint density at radius 3 is 2.50 bits per heavy atom. The van der Waals surface area contributed by atoms with E-state index in [0.29, 0.717) is 37.9 Å². The minimum atomic E-state index is -0.484. The van der Waals surface area contributed by atoms with E-state index in [0.717, 1.165) is 5.82 Å². The molecule has 0 saturated carbocycles. The summed E-state index contributed by atoms with van der Waals surface area (Å²) in [7, 11) is 0. The van der Waals surface area contributed by atoms with Crippen LogP contribution >= 0.6 is 0 Å². The van der Waals surface area contributed by atoms with E-state index in [9.17, 15) is 9.18 Å². The van der Waals surface area contributed by atoms with Crippen molar-refractivity contribution in [3.8, 4) is 5.88 Å². The van der Waals surface area contributed by atoms with Gasteiger partial charge in [0, 0.05) is 32.2 Å². The van der Waals surface area contributed by atoms with Crippen LogP contribution in [0.25, 0.3) is 0 Å². The molecule has 0 unspecified atom stereocenters. The number of halogens is 1. The molecule has 2 heterocycles. The van der Waals surface area contributed by atoms with Gasteiger partial charge in [0.25, 0.3) is 5.91 Å². The van der Waals surface area contributed by atoms with Gasteiger partial charge in [-0.3, -0.25) is 4.79 Å². The lowest BCUT2D eigenvalue weighted by Gasteiger charge is -2.35. The van der Waals surface area contributed by atoms with Crippen LogP contribution in [-0.2, 0) is 0 Å². The van der Waals surface area contributed by atoms with Crippen LogP contribution in [0.3, 0.4) is 0 Å². The number of nitrogens with zero attached hydrogens (tertiary/aromatic N) is 4. The maximum atomic E-state index is 13.8. The molecule has 1 aliphatic rings. The monoisotopic (exact) mass is 358 g/mol. The second-order valence-electron chi connectivity index (χ2n) is 6.54. The molecule has 6 nitrogen and oxygen atoms in total. The van der Waals surface area contributed by atoms with Crippen molar-refractivity contribution in [3.63, 3.8) is 0 Å². The minimum absolute atomic E-state index is 0.0346. The highest BCUT2D eigenvalue weighted by Crippen LogP contribution is 2.21. The number of carbonyl (C=O) groups excluding carboxylic acids is 1. The van der Waals surface area contributed by atoms with E-state index in [2.05, 4.69) is 14.9 Å². The van der Waals surface area contributed by atoms with E-state index in [1.54, 1.807) is 17.0 Å². The zero-order valence-corrected chi connectivity index (χ0v) is 15.3. The van der Waals surface area contributed by atoms with E-state index >= 15 is 0 Å². The molecule has 26 heavy (non-hydrogen) atoms. The Hall–Kier alpha value is -2.70. The summed E-state index contributed by atoms with van der Waals surface area (Å²) in [5, 5.41) is 0. The Bertz CT molecular complexity index is 789. The third-order valence-electron chi connectivity index (χ3n) is 4.15. The summed E-state index contributed by atoms with van der Waals surface area (Å²) < 4.78 is 19.5. The molecule has 0 N–H and O–H groups in total. The number of rotatable bonds is 4. The molecular formula is C19H23FN4O2. The number of amides is 1. The average molecular weight is 358 g/mol. The first-order valence-corrected chi connectivity index (χ1v) is 8.75. The van der Waals surface area contributed by atoms with Crippen molar-refractivity contribution in [1.29, 1.82) is 0 Å². The molecule has 1 aromatic carbocycles. The van der Waals surface area contributed by atoms with Gasteiger partial charge in [-0.1, -0.05) is 12.1 Å². The molecule has 7 heteroatoms. The summed E-state index contributed by atoms with van der Waals surface area (Å²) >= 11 is 0. The molecule has 0 spiro atoms. The van der Waals surface area contributed by atoms with E-state index in [4.69, 9.17) is 4.74 Å². The second-order valence-corrected chi connectivity index (χ2v) is 6.54. The van der Waals surface area contributed by atoms with Gasteiger partial charge in [-0.15, -0.1) is 0 Å². The van der Waals surface area contributed by atoms with Gasteiger partial charge < -0.3 is 14.5 Å². The first kappa shape index (κ1) is 18.1. The minimum Gasteiger partial charge on any atom is -0.475 e. The van der Waals surface area contributed by atoms with Gasteiger partial charge in [-0.2, -0.15) is 4.98 Å². The smallest absolute Gasteiger partial charge is 0.256 e. The topological polar surface area (TPSA) is 58.6 Å². The molecule has 0 bridgehead atoms. The third-order valence-corrected chi connectivity index (χ3v) is 4.15. The van der Waals surface area contributed by atoms with Crippen molar-refractivity contribution in [2.24, 2.45) is 0 Å². The van der Waals surface area contributed by atoms with Crippen LogP contribution in [0.5, 0.6) is 5.88 Å². The predicted octanol–water partition coefficient (Wildman–Crippen LogP) is 2.67. The van der Waals surface area contributed by atoms with Crippen molar-refractivity contribution in [1.82, 2.24) is 14.9 Å². The highest BCUT2D eigenvalue weighted by molar-refractivity contribution is 5.94. The largest absolute Gasteiger partial charge is 0.475 e. The number of aromatic nitrogens is 2. The van der Waals surface area contributed by atoms with Crippen molar-refractivity contribution >= 4 is 11.7 Å². The first-order chi connectivity index (χ1) is 12.4. The fraction of sp³-hybridized carbons (Fsp3) is 0.421. The molecule has 2 aromatic rings. The van der Waals surface area contributed by atoms with Gasteiger partial charge in [0.05, 0.1) is 11.7 Å². The summed E-state index contributed by atoms with van der Waals surface area (Å²) in [6.45, 7) is 7.99. The van der Waals surface area contributed by atoms with Crippen molar-refractivity contribution in [3.05, 3.63) is 47.5 Å². The number of benzene rings is 1. The van der Waals surface area contributed by atoms with Gasteiger partial charge in [0.1, 0.15) is 17.5 Å². The normalized spacial score (nSPS) is 14.7. The lowest BCUT2D eigenvalue weighted by molar-refractivity contribution is 0.0741. The second kappa shape index (κ2) is 7.68. The van der Waals surface area contributed by atoms with Crippen LogP contribution in [-0.4, -0.2) is 53.1 Å². The summed E-state index contributed by atoms with van der Waals surface area (Å²) in [5.74, 6) is 1.22. The van der Waals surface area contributed by atoms with Crippen molar-refractivity contribution in [2.75, 3.05) is 31.1 Å². The SMILES string of the molecule is Cc1nc(OC(C)C)cc(N2CCN(C(=O)c3ccccc3F)CC2)n1. The number of piperazine rings is 1. The van der Waals surface area contributed by atoms with Gasteiger partial charge in [-0.25, -0.2) is 9.37 Å². The van der Waals surface area contributed by atoms with Gasteiger partial charge >= 0.3 is 0 Å². The predicted molar refractivity (Wildman–Crippen MR) is 97.0 cm³/mol. The molecule has 0 atom stereocenters. The molecule has 1 aliphatic heterocycles. The van der Waals surface area contributed by atoms with E-state index in [1.165, 1.54) is 12.1 Å². The molecule has 138 valence electrons. The Kier molecular flexibility index (Phi) is 5.35. The highest BCUT2D eigenvalue weighted by Gasteiger charge is 2.25. The highest BCUT2D eigenvalue weighted by atomic mass is 19.1. The summed E-state index contributed by atoms with van der Waals surface area (Å²) in [4.78, 5) is 25.1. The van der Waals surface area contributed by atoms with E-state index in [1.807, 2.05) is 26.8 Å². The van der Waals surface area contributed by atoms with Crippen LogP contribution in [0.1, 0.15) is 30.0 Å². The quantitative estimate of drug-likeness (QED) is 0.841. The lowest BCUT2D eigenvalue weighted by atomic mass is 10.1. The Labute approximate surface area is 152 Å². The number of ether oxygens (including phenoxy) is 1. The summed E-state index contributed by atoms with van der Waals surface area (Å²) in [6.07, 6.45) is 0.0346. The standard InChI is InChI=1S/C19H23FN4O2/c1-13(2)26-18-12-17(21-14(3)22-18)23-8-10-24(11-9-23)19(25)15-6-4-5-7-16(15)20/h4-7,12-13H,8-11H2,1-3H3. The first-order valence-electron chi connectivity index (χ1n) is 8.75. The zero-order valence-electron chi connectivity index (χ0n) is 15.3. The number of carbonyl (C=O) groups is 1. The number of aryl methyl sites for hydroxylation is 1. The molecule has 0 aliphatic carbocycles. The van der Waals surface area contributed by atoms with Crippen molar-refractivity contribution in [2.45, 2.75) is 26.9 Å². The maximum absolute atomic E-state index is 13.8. The molecular weight excluding hydrogens is 335 g/mol. The molecule has 1 saturated heterocycles. The fourth-order valence-electron chi connectivity index (χ4n) is 2.93. The Morgan fingerprint density at radius 1 is 1.15 bits per heavy atom. The molecule has 1 aromatic heterocycles. The van der Waals surface area contributed by atoms with Crippen LogP contribution < -0.4 is 9.64 Å². The lowest BCUT2D eigenvalue weighted by Crippen LogP contribution is -2.49. The van der Waals surface area contributed by atoms with Crippen LogP contribution in [0.15, 0.2) is 30.3 Å². The number of hydrogen-bond acceptors (Lipinski definition) is 5. The fourth-order valence-corrected chi connectivity index (χ4v) is 2.93.